The normalized spacial score (nSPS) is 21.0. The molecular formula is C16H21NO5. The van der Waals surface area contributed by atoms with Crippen molar-refractivity contribution in [2.24, 2.45) is 11.8 Å². The van der Waals surface area contributed by atoms with Crippen LogP contribution < -0.4 is 14.8 Å². The van der Waals surface area contributed by atoms with Crippen LogP contribution in [-0.4, -0.2) is 31.2 Å². The molecular weight excluding hydrogens is 286 g/mol. The van der Waals surface area contributed by atoms with Crippen molar-refractivity contribution in [1.82, 2.24) is 0 Å². The second-order valence-corrected chi connectivity index (χ2v) is 5.39. The van der Waals surface area contributed by atoms with Crippen LogP contribution in [0.4, 0.5) is 5.69 Å². The third kappa shape index (κ3) is 3.50. The van der Waals surface area contributed by atoms with E-state index in [1.165, 1.54) is 7.11 Å². The minimum Gasteiger partial charge on any atom is -0.497 e. The summed E-state index contributed by atoms with van der Waals surface area (Å²) in [5.41, 5.74) is 0.517. The first-order valence-electron chi connectivity index (χ1n) is 7.32. The fraction of sp³-hybridized carbons (Fsp3) is 0.500. The summed E-state index contributed by atoms with van der Waals surface area (Å²) in [4.78, 5) is 23.8. The summed E-state index contributed by atoms with van der Waals surface area (Å²) in [6.45, 7) is 0. The predicted molar refractivity (Wildman–Crippen MR) is 81.3 cm³/mol. The number of hydrogen-bond acceptors (Lipinski definition) is 4. The van der Waals surface area contributed by atoms with Crippen LogP contribution in [0.2, 0.25) is 0 Å². The highest BCUT2D eigenvalue weighted by Crippen LogP contribution is 2.33. The van der Waals surface area contributed by atoms with Crippen LogP contribution in [0.3, 0.4) is 0 Å². The van der Waals surface area contributed by atoms with E-state index in [0.717, 1.165) is 12.8 Å². The predicted octanol–water partition coefficient (Wildman–Crippen LogP) is 2.53. The van der Waals surface area contributed by atoms with Gasteiger partial charge in [-0.2, -0.15) is 0 Å². The number of ether oxygens (including phenoxy) is 2. The van der Waals surface area contributed by atoms with Gasteiger partial charge < -0.3 is 19.9 Å². The molecule has 1 aliphatic carbocycles. The van der Waals surface area contributed by atoms with Crippen LogP contribution in [-0.2, 0) is 9.59 Å². The highest BCUT2D eigenvalue weighted by Gasteiger charge is 2.35. The Hall–Kier alpha value is -2.24. The lowest BCUT2D eigenvalue weighted by atomic mass is 9.78. The minimum absolute atomic E-state index is 0.268. The lowest BCUT2D eigenvalue weighted by Gasteiger charge is -2.27. The molecule has 2 N–H and O–H groups in total. The van der Waals surface area contributed by atoms with Crippen LogP contribution in [0, 0.1) is 11.8 Å². The highest BCUT2D eigenvalue weighted by molar-refractivity contribution is 5.96. The van der Waals surface area contributed by atoms with E-state index in [-0.39, 0.29) is 5.91 Å². The molecule has 0 spiro atoms. The van der Waals surface area contributed by atoms with Crippen molar-refractivity contribution in [1.29, 1.82) is 0 Å². The summed E-state index contributed by atoms with van der Waals surface area (Å²) in [7, 11) is 3.05. The first-order chi connectivity index (χ1) is 10.6. The Morgan fingerprint density at radius 2 is 1.82 bits per heavy atom. The maximum absolute atomic E-state index is 12.4. The molecule has 0 saturated heterocycles. The van der Waals surface area contributed by atoms with Gasteiger partial charge >= 0.3 is 5.97 Å². The summed E-state index contributed by atoms with van der Waals surface area (Å²) in [5.74, 6) is -1.18. The maximum Gasteiger partial charge on any atom is 0.307 e. The number of carboxylic acid groups (broad SMARTS) is 1. The van der Waals surface area contributed by atoms with Gasteiger partial charge in [-0.25, -0.2) is 0 Å². The van der Waals surface area contributed by atoms with E-state index in [2.05, 4.69) is 5.32 Å². The molecule has 22 heavy (non-hydrogen) atoms. The molecule has 1 aromatic rings. The molecule has 2 rings (SSSR count). The fourth-order valence-electron chi connectivity index (χ4n) is 2.87. The number of rotatable bonds is 5. The van der Waals surface area contributed by atoms with E-state index < -0.39 is 17.8 Å². The number of aliphatic carboxylic acids is 1. The van der Waals surface area contributed by atoms with Crippen molar-refractivity contribution in [3.05, 3.63) is 18.2 Å². The Kier molecular flexibility index (Phi) is 5.25. The lowest BCUT2D eigenvalue weighted by molar-refractivity contribution is -0.147. The first-order valence-corrected chi connectivity index (χ1v) is 7.32. The number of carbonyl (C=O) groups is 2. The smallest absolute Gasteiger partial charge is 0.307 e. The fourth-order valence-corrected chi connectivity index (χ4v) is 2.87. The number of anilines is 1. The third-order valence-corrected chi connectivity index (χ3v) is 4.09. The van der Waals surface area contributed by atoms with Gasteiger partial charge in [-0.3, -0.25) is 9.59 Å². The van der Waals surface area contributed by atoms with Crippen molar-refractivity contribution in [2.45, 2.75) is 25.7 Å². The number of nitrogens with one attached hydrogen (secondary N) is 1. The molecule has 1 amide bonds. The van der Waals surface area contributed by atoms with Gasteiger partial charge in [0.25, 0.3) is 0 Å². The number of hydrogen-bond donors (Lipinski definition) is 2. The van der Waals surface area contributed by atoms with Gasteiger partial charge in [0.05, 0.1) is 31.7 Å². The van der Waals surface area contributed by atoms with Crippen molar-refractivity contribution in [2.75, 3.05) is 19.5 Å². The van der Waals surface area contributed by atoms with Crippen molar-refractivity contribution in [3.8, 4) is 11.5 Å². The van der Waals surface area contributed by atoms with Gasteiger partial charge in [0.2, 0.25) is 5.91 Å². The minimum atomic E-state index is -0.901. The van der Waals surface area contributed by atoms with E-state index in [4.69, 9.17) is 9.47 Å². The second-order valence-electron chi connectivity index (χ2n) is 5.39. The molecule has 1 fully saturated rings. The van der Waals surface area contributed by atoms with Gasteiger partial charge in [-0.15, -0.1) is 0 Å². The summed E-state index contributed by atoms with van der Waals surface area (Å²) >= 11 is 0. The van der Waals surface area contributed by atoms with Crippen LogP contribution in [0.1, 0.15) is 25.7 Å². The molecule has 6 nitrogen and oxygen atoms in total. The largest absolute Gasteiger partial charge is 0.497 e. The third-order valence-electron chi connectivity index (χ3n) is 4.09. The zero-order valence-corrected chi connectivity index (χ0v) is 12.8. The van der Waals surface area contributed by atoms with Crippen LogP contribution in [0.5, 0.6) is 11.5 Å². The monoisotopic (exact) mass is 307 g/mol. The summed E-state index contributed by atoms with van der Waals surface area (Å²) in [6, 6.07) is 5.08. The summed E-state index contributed by atoms with van der Waals surface area (Å²) < 4.78 is 10.4. The van der Waals surface area contributed by atoms with Gasteiger partial charge in [0.15, 0.2) is 0 Å². The van der Waals surface area contributed by atoms with E-state index >= 15 is 0 Å². The number of amides is 1. The molecule has 2 unspecified atom stereocenters. The maximum atomic E-state index is 12.4. The molecule has 1 aromatic carbocycles. The number of methoxy groups -OCH3 is 2. The summed E-state index contributed by atoms with van der Waals surface area (Å²) in [5, 5.41) is 12.1. The molecule has 0 aromatic heterocycles. The Balaban J connectivity index is 2.15. The molecule has 0 heterocycles. The first kappa shape index (κ1) is 16.1. The van der Waals surface area contributed by atoms with Gasteiger partial charge in [-0.1, -0.05) is 12.8 Å². The highest BCUT2D eigenvalue weighted by atomic mass is 16.5. The van der Waals surface area contributed by atoms with Crippen LogP contribution >= 0.6 is 0 Å². The van der Waals surface area contributed by atoms with E-state index in [9.17, 15) is 14.7 Å². The van der Waals surface area contributed by atoms with Crippen molar-refractivity contribution < 1.29 is 24.2 Å². The molecule has 0 bridgehead atoms. The second kappa shape index (κ2) is 7.15. The van der Waals surface area contributed by atoms with E-state index in [0.29, 0.717) is 30.0 Å². The Morgan fingerprint density at radius 1 is 1.14 bits per heavy atom. The Morgan fingerprint density at radius 3 is 2.41 bits per heavy atom. The Bertz CT molecular complexity index is 557. The van der Waals surface area contributed by atoms with Crippen molar-refractivity contribution in [3.63, 3.8) is 0 Å². The Labute approximate surface area is 129 Å². The molecule has 0 aliphatic heterocycles. The van der Waals surface area contributed by atoms with E-state index in [1.54, 1.807) is 25.3 Å². The van der Waals surface area contributed by atoms with Crippen molar-refractivity contribution >= 4 is 17.6 Å². The van der Waals surface area contributed by atoms with Crippen LogP contribution in [0.15, 0.2) is 18.2 Å². The number of benzene rings is 1. The average molecular weight is 307 g/mol. The molecule has 120 valence electrons. The zero-order chi connectivity index (χ0) is 16.1. The van der Waals surface area contributed by atoms with Gasteiger partial charge in [-0.05, 0) is 25.0 Å². The van der Waals surface area contributed by atoms with Gasteiger partial charge in [0, 0.05) is 6.07 Å². The average Bonchev–Trinajstić information content (AvgIpc) is 2.55. The quantitative estimate of drug-likeness (QED) is 0.873. The molecule has 6 heteroatoms. The zero-order valence-electron chi connectivity index (χ0n) is 12.8. The molecule has 2 atom stereocenters. The van der Waals surface area contributed by atoms with Gasteiger partial charge in [0.1, 0.15) is 11.5 Å². The molecule has 1 aliphatic rings. The van der Waals surface area contributed by atoms with E-state index in [1.807, 2.05) is 0 Å². The number of carbonyl (C=O) groups excluding carboxylic acids is 1. The SMILES string of the molecule is COc1ccc(NC(=O)C2CCCCC2C(=O)O)c(OC)c1. The molecule has 0 radical (unpaired) electrons. The van der Waals surface area contributed by atoms with Crippen LogP contribution in [0.25, 0.3) is 0 Å². The molecule has 1 saturated carbocycles. The summed E-state index contributed by atoms with van der Waals surface area (Å²) in [6.07, 6.45) is 2.88. The lowest BCUT2D eigenvalue weighted by Crippen LogP contribution is -2.36. The number of carboxylic acids is 1. The standard InChI is InChI=1S/C16H21NO5/c1-21-10-7-8-13(14(9-10)22-2)17-15(18)11-5-3-4-6-12(11)16(19)20/h7-9,11-12H,3-6H2,1-2H3,(H,17,18)(H,19,20). The topological polar surface area (TPSA) is 84.9 Å².